The molecule has 2 N–H and O–H groups in total. The predicted molar refractivity (Wildman–Crippen MR) is 127 cm³/mol. The Balaban J connectivity index is 1.40. The highest BCUT2D eigenvalue weighted by Gasteiger charge is 2.40. The van der Waals surface area contributed by atoms with Crippen LogP contribution in [0.2, 0.25) is 0 Å². The number of anilines is 1. The highest BCUT2D eigenvalue weighted by atomic mass is 32.2. The van der Waals surface area contributed by atoms with Crippen molar-refractivity contribution >= 4 is 27.4 Å². The van der Waals surface area contributed by atoms with Crippen LogP contribution in [-0.2, 0) is 27.7 Å². The Labute approximate surface area is 198 Å². The number of rotatable bonds is 7. The molecule has 0 bridgehead atoms. The molecule has 0 aromatic heterocycles. The van der Waals surface area contributed by atoms with Crippen LogP contribution in [0.3, 0.4) is 0 Å². The third-order valence-corrected chi connectivity index (χ3v) is 7.09. The van der Waals surface area contributed by atoms with Gasteiger partial charge in [0.05, 0.1) is 19.1 Å². The summed E-state index contributed by atoms with van der Waals surface area (Å²) in [6.45, 7) is 0. The Kier molecular flexibility index (Phi) is 6.67. The summed E-state index contributed by atoms with van der Waals surface area (Å²) in [6, 6.07) is 17.3. The first-order chi connectivity index (χ1) is 16.3. The molecule has 1 atom stereocenters. The fraction of sp³-hybridized carbons (Fsp3) is 0.200. The van der Waals surface area contributed by atoms with E-state index in [-0.39, 0.29) is 10.5 Å². The van der Waals surface area contributed by atoms with Gasteiger partial charge in [-0.15, -0.1) is 0 Å². The summed E-state index contributed by atoms with van der Waals surface area (Å²) in [5.41, 5.74) is 2.62. The molecule has 3 aromatic carbocycles. The molecule has 1 amide bonds. The number of hydrogen-bond donors (Lipinski definition) is 2. The van der Waals surface area contributed by atoms with E-state index in [1.165, 1.54) is 18.2 Å². The average Bonchev–Trinajstić information content (AvgIpc) is 2.85. The van der Waals surface area contributed by atoms with Crippen LogP contribution in [0.25, 0.3) is 0 Å². The van der Waals surface area contributed by atoms with E-state index in [9.17, 15) is 18.0 Å². The summed E-state index contributed by atoms with van der Waals surface area (Å²) in [5, 5.41) is 2.62. The number of amides is 1. The molecule has 0 fully saturated rings. The molecule has 0 aliphatic carbocycles. The van der Waals surface area contributed by atoms with E-state index in [1.807, 2.05) is 30.3 Å². The maximum atomic E-state index is 12.7. The number of ether oxygens (including phenoxy) is 2. The lowest BCUT2D eigenvalue weighted by atomic mass is 10.0. The quantitative estimate of drug-likeness (QED) is 0.503. The van der Waals surface area contributed by atoms with Gasteiger partial charge in [-0.3, -0.25) is 9.59 Å². The first-order valence-electron chi connectivity index (χ1n) is 10.6. The number of aryl methyl sites for hydroxylation is 2. The minimum atomic E-state index is -3.96. The fourth-order valence-corrected chi connectivity index (χ4v) is 5.17. The van der Waals surface area contributed by atoms with Crippen LogP contribution < -0.4 is 19.5 Å². The molecule has 3 aromatic rings. The van der Waals surface area contributed by atoms with Gasteiger partial charge in [-0.1, -0.05) is 30.3 Å². The lowest BCUT2D eigenvalue weighted by Gasteiger charge is -2.23. The number of fused-ring (bicyclic) bond motifs is 1. The minimum absolute atomic E-state index is 0.00640. The number of hydrogen-bond acceptors (Lipinski definition) is 6. The van der Waals surface area contributed by atoms with Crippen molar-refractivity contribution in [3.8, 4) is 11.5 Å². The maximum absolute atomic E-state index is 12.7. The number of nitrogens with one attached hydrogen (secondary N) is 2. The third kappa shape index (κ3) is 4.80. The number of carbonyl (C=O) groups is 2. The molecule has 176 valence electrons. The zero-order valence-corrected chi connectivity index (χ0v) is 19.5. The van der Waals surface area contributed by atoms with Gasteiger partial charge in [-0.25, -0.2) is 8.42 Å². The molecule has 1 aliphatic heterocycles. The molecule has 1 unspecified atom stereocenters. The van der Waals surface area contributed by atoms with Crippen LogP contribution in [0.15, 0.2) is 71.6 Å². The molecule has 0 radical (unpaired) electrons. The Hall–Kier alpha value is -3.69. The molecule has 1 aliphatic rings. The van der Waals surface area contributed by atoms with Crippen molar-refractivity contribution in [3.63, 3.8) is 0 Å². The molecule has 9 heteroatoms. The van der Waals surface area contributed by atoms with Gasteiger partial charge in [0.25, 0.3) is 5.91 Å². The average molecular weight is 481 g/mol. The van der Waals surface area contributed by atoms with Gasteiger partial charge in [0.2, 0.25) is 10.0 Å². The second-order valence-corrected chi connectivity index (χ2v) is 9.47. The van der Waals surface area contributed by atoms with Gasteiger partial charge in [-0.2, -0.15) is 4.72 Å². The van der Waals surface area contributed by atoms with Crippen molar-refractivity contribution in [1.29, 1.82) is 0 Å². The van der Waals surface area contributed by atoms with Crippen LogP contribution in [-0.4, -0.2) is 40.4 Å². The van der Waals surface area contributed by atoms with Crippen LogP contribution in [0.5, 0.6) is 11.5 Å². The van der Waals surface area contributed by atoms with Gasteiger partial charge in [0, 0.05) is 11.3 Å². The van der Waals surface area contributed by atoms with Crippen LogP contribution in [0.1, 0.15) is 21.5 Å². The smallest absolute Gasteiger partial charge is 0.250 e. The molecular formula is C25H24N2O6S. The number of carbonyl (C=O) groups excluding carboxylic acids is 2. The van der Waals surface area contributed by atoms with Crippen LogP contribution >= 0.6 is 0 Å². The molecule has 1 heterocycles. The Morgan fingerprint density at radius 2 is 1.56 bits per heavy atom. The predicted octanol–water partition coefficient (Wildman–Crippen LogP) is 2.97. The molecule has 34 heavy (non-hydrogen) atoms. The standard InChI is InChI=1S/C25H24N2O6S/c1-32-20-14-11-17(15-21(20)33-2)8-7-16-9-12-18(13-10-16)26-25(29)23-24(28)19-5-3-4-6-22(19)34(30,31)27-23/h3-6,9-15,23,27H,7-8H2,1-2H3,(H,26,29). The van der Waals surface area contributed by atoms with Gasteiger partial charge in [-0.05, 0) is 60.4 Å². The molecule has 8 nitrogen and oxygen atoms in total. The summed E-state index contributed by atoms with van der Waals surface area (Å²) < 4.78 is 37.7. The molecule has 0 saturated heterocycles. The van der Waals surface area contributed by atoms with Crippen molar-refractivity contribution in [2.75, 3.05) is 19.5 Å². The van der Waals surface area contributed by atoms with E-state index < -0.39 is 27.8 Å². The number of Topliss-reactive ketones (excluding diaryl/α,β-unsaturated/α-hetero) is 1. The highest BCUT2D eigenvalue weighted by Crippen LogP contribution is 2.28. The second kappa shape index (κ2) is 9.66. The number of sulfonamides is 1. The molecular weight excluding hydrogens is 456 g/mol. The molecule has 0 saturated carbocycles. The van der Waals surface area contributed by atoms with E-state index in [0.717, 1.165) is 24.0 Å². The Morgan fingerprint density at radius 1 is 0.912 bits per heavy atom. The lowest BCUT2D eigenvalue weighted by molar-refractivity contribution is -0.116. The fourth-order valence-electron chi connectivity index (χ4n) is 3.80. The second-order valence-electron chi connectivity index (χ2n) is 7.79. The minimum Gasteiger partial charge on any atom is -0.493 e. The van der Waals surface area contributed by atoms with E-state index in [2.05, 4.69) is 10.0 Å². The van der Waals surface area contributed by atoms with Crippen LogP contribution in [0.4, 0.5) is 5.69 Å². The summed E-state index contributed by atoms with van der Waals surface area (Å²) in [4.78, 5) is 25.3. The monoisotopic (exact) mass is 480 g/mol. The number of methoxy groups -OCH3 is 2. The topological polar surface area (TPSA) is 111 Å². The summed E-state index contributed by atoms with van der Waals surface area (Å²) in [5.74, 6) is 0.0257. The zero-order chi connectivity index (χ0) is 24.3. The van der Waals surface area contributed by atoms with Crippen LogP contribution in [0, 0.1) is 0 Å². The van der Waals surface area contributed by atoms with E-state index in [0.29, 0.717) is 17.2 Å². The van der Waals surface area contributed by atoms with E-state index >= 15 is 0 Å². The Morgan fingerprint density at radius 3 is 2.26 bits per heavy atom. The summed E-state index contributed by atoms with van der Waals surface area (Å²) >= 11 is 0. The zero-order valence-electron chi connectivity index (χ0n) is 18.7. The first kappa shape index (κ1) is 23.5. The first-order valence-corrected chi connectivity index (χ1v) is 12.1. The maximum Gasteiger partial charge on any atom is 0.250 e. The van der Waals surface area contributed by atoms with Gasteiger partial charge >= 0.3 is 0 Å². The molecule has 0 spiro atoms. The normalized spacial score (nSPS) is 16.4. The van der Waals surface area contributed by atoms with Crippen molar-refractivity contribution in [1.82, 2.24) is 4.72 Å². The van der Waals surface area contributed by atoms with Gasteiger partial charge in [0.1, 0.15) is 0 Å². The third-order valence-electron chi connectivity index (χ3n) is 5.61. The number of benzene rings is 3. The van der Waals surface area contributed by atoms with Gasteiger partial charge in [0.15, 0.2) is 23.3 Å². The SMILES string of the molecule is COc1ccc(CCc2ccc(NC(=O)C3NS(=O)(=O)c4ccccc4C3=O)cc2)cc1OC. The summed E-state index contributed by atoms with van der Waals surface area (Å²) in [7, 11) is -0.770. The van der Waals surface area contributed by atoms with Crippen molar-refractivity contribution < 1.29 is 27.5 Å². The highest BCUT2D eigenvalue weighted by molar-refractivity contribution is 7.89. The molecule has 4 rings (SSSR count). The summed E-state index contributed by atoms with van der Waals surface area (Å²) in [6.07, 6.45) is 1.55. The van der Waals surface area contributed by atoms with E-state index in [4.69, 9.17) is 9.47 Å². The van der Waals surface area contributed by atoms with Gasteiger partial charge < -0.3 is 14.8 Å². The van der Waals surface area contributed by atoms with E-state index in [1.54, 1.807) is 32.4 Å². The van der Waals surface area contributed by atoms with Crippen molar-refractivity contribution in [2.45, 2.75) is 23.8 Å². The largest absolute Gasteiger partial charge is 0.493 e. The van der Waals surface area contributed by atoms with Crippen molar-refractivity contribution in [3.05, 3.63) is 83.4 Å². The Bertz CT molecular complexity index is 1340. The van der Waals surface area contributed by atoms with Crippen molar-refractivity contribution in [2.24, 2.45) is 0 Å². The number of ketones is 1. The lowest BCUT2D eigenvalue weighted by Crippen LogP contribution is -2.52.